The minimum absolute atomic E-state index is 0.0158. The van der Waals surface area contributed by atoms with Gasteiger partial charge in [0, 0.05) is 12.1 Å². The number of nitrogens with one attached hydrogen (secondary N) is 1. The minimum Gasteiger partial charge on any atom is -0.326 e. The van der Waals surface area contributed by atoms with Gasteiger partial charge in [-0.2, -0.15) is 0 Å². The fourth-order valence-corrected chi connectivity index (χ4v) is 1.79. The van der Waals surface area contributed by atoms with Gasteiger partial charge in [0.2, 0.25) is 5.91 Å². The summed E-state index contributed by atoms with van der Waals surface area (Å²) in [5.74, 6) is -1.72. The highest BCUT2D eigenvalue weighted by molar-refractivity contribution is 5.99. The average molecular weight is 208 g/mol. The summed E-state index contributed by atoms with van der Waals surface area (Å²) < 4.78 is 13.2. The number of rotatable bonds is 2. The molecule has 1 atom stereocenters. The zero-order valence-electron chi connectivity index (χ0n) is 8.51. The number of halogens is 1. The van der Waals surface area contributed by atoms with Crippen LogP contribution in [0, 0.1) is 0 Å². The second kappa shape index (κ2) is 3.31. The maximum atomic E-state index is 13.2. The van der Waals surface area contributed by atoms with Crippen LogP contribution in [0.3, 0.4) is 0 Å². The Morgan fingerprint density at radius 3 is 3.00 bits per heavy atom. The Hall–Kier alpha value is -1.42. The molecule has 1 aromatic rings. The molecule has 0 bridgehead atoms. The highest BCUT2D eigenvalue weighted by atomic mass is 19.1. The lowest BCUT2D eigenvalue weighted by Crippen LogP contribution is -2.32. The van der Waals surface area contributed by atoms with Gasteiger partial charge < -0.3 is 5.32 Å². The van der Waals surface area contributed by atoms with E-state index in [1.807, 2.05) is 6.07 Å². The van der Waals surface area contributed by atoms with Crippen molar-refractivity contribution in [2.75, 3.05) is 5.32 Å². The molecule has 2 rings (SSSR count). The van der Waals surface area contributed by atoms with E-state index in [2.05, 4.69) is 5.32 Å². The quantitative estimate of drug-likeness (QED) is 0.721. The molecule has 0 saturated heterocycles. The first-order valence-corrected chi connectivity index (χ1v) is 4.83. The van der Waals surface area contributed by atoms with Crippen molar-refractivity contribution in [1.29, 1.82) is 0 Å². The lowest BCUT2D eigenvalue weighted by Gasteiger charge is -2.14. The number of fused-ring (bicyclic) bond motifs is 1. The summed E-state index contributed by atoms with van der Waals surface area (Å²) in [6.45, 7) is 1.34. The predicted octanol–water partition coefficient (Wildman–Crippen LogP) is 1.37. The van der Waals surface area contributed by atoms with Crippen LogP contribution < -0.4 is 11.1 Å². The van der Waals surface area contributed by atoms with Gasteiger partial charge in [0.15, 0.2) is 5.79 Å². The van der Waals surface area contributed by atoms with Gasteiger partial charge in [0.1, 0.15) is 0 Å². The first kappa shape index (κ1) is 10.1. The van der Waals surface area contributed by atoms with Crippen LogP contribution in [-0.4, -0.2) is 11.7 Å². The number of benzene rings is 1. The van der Waals surface area contributed by atoms with E-state index in [1.54, 1.807) is 12.1 Å². The first-order valence-electron chi connectivity index (χ1n) is 4.83. The van der Waals surface area contributed by atoms with Crippen molar-refractivity contribution in [3.05, 3.63) is 29.3 Å². The molecule has 1 amide bonds. The minimum atomic E-state index is -1.70. The summed E-state index contributed by atoms with van der Waals surface area (Å²) in [7, 11) is 0. The van der Waals surface area contributed by atoms with Crippen LogP contribution in [0.4, 0.5) is 10.1 Å². The van der Waals surface area contributed by atoms with Crippen LogP contribution in [-0.2, 0) is 17.6 Å². The van der Waals surface area contributed by atoms with Crippen molar-refractivity contribution in [1.82, 2.24) is 0 Å². The summed E-state index contributed by atoms with van der Waals surface area (Å²) in [5.41, 5.74) is 7.85. The van der Waals surface area contributed by atoms with E-state index in [9.17, 15) is 9.18 Å². The molecular formula is C11H13FN2O. The molecule has 3 N–H and O–H groups in total. The van der Waals surface area contributed by atoms with E-state index in [0.717, 1.165) is 16.8 Å². The molecule has 0 radical (unpaired) electrons. The van der Waals surface area contributed by atoms with Gasteiger partial charge in [-0.15, -0.1) is 0 Å². The van der Waals surface area contributed by atoms with Crippen molar-refractivity contribution < 1.29 is 9.18 Å². The molecule has 1 aromatic carbocycles. The Morgan fingerprint density at radius 1 is 1.60 bits per heavy atom. The van der Waals surface area contributed by atoms with Crippen LogP contribution in [0.25, 0.3) is 0 Å². The normalized spacial score (nSPS) is 18.2. The summed E-state index contributed by atoms with van der Waals surface area (Å²) in [6, 6.07) is 5.41. The van der Waals surface area contributed by atoms with Gasteiger partial charge in [-0.3, -0.25) is 10.5 Å². The van der Waals surface area contributed by atoms with E-state index in [1.165, 1.54) is 6.92 Å². The molecule has 0 spiro atoms. The van der Waals surface area contributed by atoms with Crippen LogP contribution >= 0.6 is 0 Å². The fourth-order valence-electron chi connectivity index (χ4n) is 1.79. The van der Waals surface area contributed by atoms with Crippen molar-refractivity contribution in [3.8, 4) is 0 Å². The molecule has 80 valence electrons. The summed E-state index contributed by atoms with van der Waals surface area (Å²) >= 11 is 0. The topological polar surface area (TPSA) is 55.1 Å². The van der Waals surface area contributed by atoms with E-state index in [0.29, 0.717) is 6.42 Å². The molecule has 1 unspecified atom stereocenters. The third-order valence-corrected chi connectivity index (χ3v) is 2.34. The Labute approximate surface area is 87.5 Å². The van der Waals surface area contributed by atoms with Gasteiger partial charge >= 0.3 is 0 Å². The number of anilines is 1. The molecule has 0 aromatic heterocycles. The van der Waals surface area contributed by atoms with Gasteiger partial charge in [-0.1, -0.05) is 12.1 Å². The summed E-state index contributed by atoms with van der Waals surface area (Å²) in [4.78, 5) is 11.1. The standard InChI is InChI=1S/C11H13FN2O/c1-11(12,13)6-7-2-3-9-8(4-7)5-10(15)14-9/h2-4H,5-6,13H2,1H3,(H,14,15). The van der Waals surface area contributed by atoms with Crippen LogP contribution in [0.1, 0.15) is 18.1 Å². The molecule has 3 nitrogen and oxygen atoms in total. The maximum absolute atomic E-state index is 13.2. The second-order valence-corrected chi connectivity index (χ2v) is 4.17. The highest BCUT2D eigenvalue weighted by Crippen LogP contribution is 2.25. The lowest BCUT2D eigenvalue weighted by atomic mass is 10.0. The fraction of sp³-hybridized carbons (Fsp3) is 0.364. The molecule has 0 saturated carbocycles. The Balaban J connectivity index is 2.24. The van der Waals surface area contributed by atoms with E-state index >= 15 is 0 Å². The first-order chi connectivity index (χ1) is 6.94. The molecule has 0 fully saturated rings. The van der Waals surface area contributed by atoms with E-state index in [-0.39, 0.29) is 12.3 Å². The predicted molar refractivity (Wildman–Crippen MR) is 56.2 cm³/mol. The largest absolute Gasteiger partial charge is 0.326 e. The van der Waals surface area contributed by atoms with E-state index in [4.69, 9.17) is 5.73 Å². The van der Waals surface area contributed by atoms with Gasteiger partial charge in [0.25, 0.3) is 0 Å². The molecule has 1 heterocycles. The summed E-state index contributed by atoms with van der Waals surface area (Å²) in [6.07, 6.45) is 0.533. The van der Waals surface area contributed by atoms with Gasteiger partial charge in [-0.25, -0.2) is 4.39 Å². The van der Waals surface area contributed by atoms with Crippen molar-refractivity contribution >= 4 is 11.6 Å². The van der Waals surface area contributed by atoms with Crippen molar-refractivity contribution in [3.63, 3.8) is 0 Å². The van der Waals surface area contributed by atoms with Crippen molar-refractivity contribution in [2.45, 2.75) is 25.6 Å². The number of nitrogens with two attached hydrogens (primary N) is 1. The number of alkyl halides is 1. The van der Waals surface area contributed by atoms with Gasteiger partial charge in [-0.05, 0) is 24.1 Å². The monoisotopic (exact) mass is 208 g/mol. The average Bonchev–Trinajstić information content (AvgIpc) is 2.40. The summed E-state index contributed by atoms with van der Waals surface area (Å²) in [5, 5.41) is 2.72. The Kier molecular flexibility index (Phi) is 2.23. The molecule has 1 aliphatic rings. The van der Waals surface area contributed by atoms with Crippen LogP contribution in [0.15, 0.2) is 18.2 Å². The zero-order chi connectivity index (χ0) is 11.1. The van der Waals surface area contributed by atoms with Crippen molar-refractivity contribution in [2.24, 2.45) is 5.73 Å². The molecule has 4 heteroatoms. The highest BCUT2D eigenvalue weighted by Gasteiger charge is 2.21. The number of carbonyl (C=O) groups is 1. The molecule has 1 aliphatic heterocycles. The third-order valence-electron chi connectivity index (χ3n) is 2.34. The van der Waals surface area contributed by atoms with E-state index < -0.39 is 5.79 Å². The Morgan fingerprint density at radius 2 is 2.33 bits per heavy atom. The Bertz CT molecular complexity index is 410. The number of hydrogen-bond acceptors (Lipinski definition) is 2. The number of hydrogen-bond donors (Lipinski definition) is 2. The third kappa shape index (κ3) is 2.33. The lowest BCUT2D eigenvalue weighted by molar-refractivity contribution is -0.115. The number of carbonyl (C=O) groups excluding carboxylic acids is 1. The molecular weight excluding hydrogens is 195 g/mol. The van der Waals surface area contributed by atoms with Crippen LogP contribution in [0.2, 0.25) is 0 Å². The SMILES string of the molecule is CC(N)(F)Cc1ccc2c(c1)CC(=O)N2. The zero-order valence-corrected chi connectivity index (χ0v) is 8.51. The smallest absolute Gasteiger partial charge is 0.228 e. The molecule has 15 heavy (non-hydrogen) atoms. The van der Waals surface area contributed by atoms with Crippen LogP contribution in [0.5, 0.6) is 0 Å². The number of amides is 1. The maximum Gasteiger partial charge on any atom is 0.228 e. The van der Waals surface area contributed by atoms with Gasteiger partial charge in [0.05, 0.1) is 6.42 Å². The molecule has 0 aliphatic carbocycles. The second-order valence-electron chi connectivity index (χ2n) is 4.17.